The summed E-state index contributed by atoms with van der Waals surface area (Å²) in [6.07, 6.45) is 7.98. The molecule has 1 saturated carbocycles. The summed E-state index contributed by atoms with van der Waals surface area (Å²) in [6.45, 7) is 3.49. The van der Waals surface area contributed by atoms with E-state index in [9.17, 15) is 0 Å². The topological polar surface area (TPSA) is 21.3 Å². The van der Waals surface area contributed by atoms with E-state index in [0.29, 0.717) is 12.6 Å². The average Bonchev–Trinajstić information content (AvgIpc) is 2.89. The predicted molar refractivity (Wildman–Crippen MR) is 105 cm³/mol. The number of rotatable bonds is 6. The minimum atomic E-state index is 0.582. The van der Waals surface area contributed by atoms with E-state index in [1.165, 1.54) is 49.7 Å². The van der Waals surface area contributed by atoms with Crippen molar-refractivity contribution in [3.05, 3.63) is 64.2 Å². The van der Waals surface area contributed by atoms with Gasteiger partial charge in [0.15, 0.2) is 0 Å². The lowest BCUT2D eigenvalue weighted by atomic mass is 10.1. The average molecular weight is 358 g/mol. The number of nitrogens with one attached hydrogen (secondary N) is 1. The standard InChI is InChI=1S/C22H28ClNO/c1-17-8-10-18(11-9-17)16-25-22-13-12-20(23)14-19(22)15-24-21-6-4-2-3-5-7-21/h8-14,21,24H,2-7,15-16H2,1H3. The van der Waals surface area contributed by atoms with Crippen molar-refractivity contribution < 1.29 is 4.74 Å². The lowest BCUT2D eigenvalue weighted by molar-refractivity contribution is 0.301. The molecule has 0 atom stereocenters. The van der Waals surface area contributed by atoms with Crippen LogP contribution in [0, 0.1) is 6.92 Å². The summed E-state index contributed by atoms with van der Waals surface area (Å²) >= 11 is 6.22. The van der Waals surface area contributed by atoms with Crippen LogP contribution in [0.4, 0.5) is 0 Å². The molecule has 0 heterocycles. The summed E-state index contributed by atoms with van der Waals surface area (Å²) in [5.74, 6) is 0.922. The minimum Gasteiger partial charge on any atom is -0.489 e. The van der Waals surface area contributed by atoms with E-state index >= 15 is 0 Å². The SMILES string of the molecule is Cc1ccc(COc2ccc(Cl)cc2CNC2CCCCCC2)cc1. The minimum absolute atomic E-state index is 0.582. The molecule has 0 spiro atoms. The smallest absolute Gasteiger partial charge is 0.124 e. The zero-order valence-corrected chi connectivity index (χ0v) is 15.8. The van der Waals surface area contributed by atoms with Crippen molar-refractivity contribution in [3.63, 3.8) is 0 Å². The van der Waals surface area contributed by atoms with Gasteiger partial charge in [0.1, 0.15) is 12.4 Å². The second-order valence-electron chi connectivity index (χ2n) is 7.10. The molecule has 0 radical (unpaired) electrons. The molecule has 3 heteroatoms. The number of hydrogen-bond donors (Lipinski definition) is 1. The molecule has 2 aromatic carbocycles. The van der Waals surface area contributed by atoms with Crippen LogP contribution in [0.1, 0.15) is 55.2 Å². The van der Waals surface area contributed by atoms with Gasteiger partial charge in [-0.05, 0) is 43.5 Å². The van der Waals surface area contributed by atoms with E-state index in [1.807, 2.05) is 18.2 Å². The number of hydrogen-bond acceptors (Lipinski definition) is 2. The third kappa shape index (κ3) is 5.76. The van der Waals surface area contributed by atoms with Gasteiger partial charge in [-0.15, -0.1) is 0 Å². The second kappa shape index (κ2) is 9.26. The Balaban J connectivity index is 1.61. The molecule has 1 fully saturated rings. The van der Waals surface area contributed by atoms with Gasteiger partial charge in [-0.3, -0.25) is 0 Å². The first kappa shape index (κ1) is 18.3. The van der Waals surface area contributed by atoms with E-state index < -0.39 is 0 Å². The largest absolute Gasteiger partial charge is 0.489 e. The highest BCUT2D eigenvalue weighted by Gasteiger charge is 2.13. The van der Waals surface area contributed by atoms with Crippen LogP contribution in [0.25, 0.3) is 0 Å². The van der Waals surface area contributed by atoms with Gasteiger partial charge in [-0.2, -0.15) is 0 Å². The molecule has 0 amide bonds. The van der Waals surface area contributed by atoms with Crippen LogP contribution in [0.15, 0.2) is 42.5 Å². The van der Waals surface area contributed by atoms with Crippen molar-refractivity contribution in [1.29, 1.82) is 0 Å². The van der Waals surface area contributed by atoms with Crippen LogP contribution in [0.5, 0.6) is 5.75 Å². The Bertz CT molecular complexity index is 660. The van der Waals surface area contributed by atoms with Gasteiger partial charge in [-0.25, -0.2) is 0 Å². The maximum atomic E-state index is 6.22. The molecular formula is C22H28ClNO. The van der Waals surface area contributed by atoms with Gasteiger partial charge in [-0.1, -0.05) is 67.1 Å². The third-order valence-electron chi connectivity index (χ3n) is 4.97. The molecular weight excluding hydrogens is 330 g/mol. The van der Waals surface area contributed by atoms with Crippen molar-refractivity contribution in [2.24, 2.45) is 0 Å². The van der Waals surface area contributed by atoms with Crippen molar-refractivity contribution in [3.8, 4) is 5.75 Å². The van der Waals surface area contributed by atoms with Crippen molar-refractivity contribution in [2.75, 3.05) is 0 Å². The number of halogens is 1. The normalized spacial score (nSPS) is 15.8. The Morgan fingerprint density at radius 3 is 2.44 bits per heavy atom. The molecule has 0 unspecified atom stereocenters. The molecule has 25 heavy (non-hydrogen) atoms. The first-order chi connectivity index (χ1) is 12.2. The monoisotopic (exact) mass is 357 g/mol. The van der Waals surface area contributed by atoms with E-state index in [4.69, 9.17) is 16.3 Å². The fourth-order valence-corrected chi connectivity index (χ4v) is 3.60. The summed E-state index contributed by atoms with van der Waals surface area (Å²) in [6, 6.07) is 15.0. The molecule has 134 valence electrons. The van der Waals surface area contributed by atoms with Crippen LogP contribution in [0.2, 0.25) is 5.02 Å². The van der Waals surface area contributed by atoms with E-state index in [0.717, 1.165) is 22.9 Å². The highest BCUT2D eigenvalue weighted by atomic mass is 35.5. The lowest BCUT2D eigenvalue weighted by Crippen LogP contribution is -2.28. The van der Waals surface area contributed by atoms with Gasteiger partial charge < -0.3 is 10.1 Å². The first-order valence-electron chi connectivity index (χ1n) is 9.41. The first-order valence-corrected chi connectivity index (χ1v) is 9.78. The van der Waals surface area contributed by atoms with Gasteiger partial charge in [0.05, 0.1) is 0 Å². The summed E-state index contributed by atoms with van der Waals surface area (Å²) in [5, 5.41) is 4.48. The van der Waals surface area contributed by atoms with Gasteiger partial charge in [0, 0.05) is 23.2 Å². The molecule has 3 rings (SSSR count). The lowest BCUT2D eigenvalue weighted by Gasteiger charge is -2.18. The zero-order valence-electron chi connectivity index (χ0n) is 15.1. The van der Waals surface area contributed by atoms with Crippen LogP contribution >= 0.6 is 11.6 Å². The molecule has 0 aliphatic heterocycles. The molecule has 1 aliphatic rings. The number of ether oxygens (including phenoxy) is 1. The highest BCUT2D eigenvalue weighted by molar-refractivity contribution is 6.30. The third-order valence-corrected chi connectivity index (χ3v) is 5.21. The summed E-state index contributed by atoms with van der Waals surface area (Å²) in [5.41, 5.74) is 3.59. The Labute approximate surface area is 156 Å². The van der Waals surface area contributed by atoms with Gasteiger partial charge in [0.2, 0.25) is 0 Å². The van der Waals surface area contributed by atoms with Crippen LogP contribution < -0.4 is 10.1 Å². The van der Waals surface area contributed by atoms with Crippen molar-refractivity contribution in [1.82, 2.24) is 5.32 Å². The van der Waals surface area contributed by atoms with Crippen molar-refractivity contribution in [2.45, 2.75) is 64.6 Å². The quantitative estimate of drug-likeness (QED) is 0.636. The van der Waals surface area contributed by atoms with E-state index in [-0.39, 0.29) is 0 Å². The second-order valence-corrected chi connectivity index (χ2v) is 7.53. The Hall–Kier alpha value is -1.51. The van der Waals surface area contributed by atoms with E-state index in [2.05, 4.69) is 36.5 Å². The van der Waals surface area contributed by atoms with Crippen LogP contribution in [0.3, 0.4) is 0 Å². The van der Waals surface area contributed by atoms with Crippen molar-refractivity contribution >= 4 is 11.6 Å². The molecule has 0 saturated heterocycles. The molecule has 0 aromatic heterocycles. The maximum Gasteiger partial charge on any atom is 0.124 e. The summed E-state index contributed by atoms with van der Waals surface area (Å²) in [4.78, 5) is 0. The van der Waals surface area contributed by atoms with Gasteiger partial charge >= 0.3 is 0 Å². The van der Waals surface area contributed by atoms with Crippen LogP contribution in [-0.4, -0.2) is 6.04 Å². The number of benzene rings is 2. The molecule has 1 N–H and O–H groups in total. The Kier molecular flexibility index (Phi) is 6.77. The summed E-state index contributed by atoms with van der Waals surface area (Å²) in [7, 11) is 0. The van der Waals surface area contributed by atoms with E-state index in [1.54, 1.807) is 0 Å². The van der Waals surface area contributed by atoms with Gasteiger partial charge in [0.25, 0.3) is 0 Å². The summed E-state index contributed by atoms with van der Waals surface area (Å²) < 4.78 is 6.08. The fraction of sp³-hybridized carbons (Fsp3) is 0.455. The molecule has 2 aromatic rings. The Morgan fingerprint density at radius 2 is 1.72 bits per heavy atom. The Morgan fingerprint density at radius 1 is 1.00 bits per heavy atom. The number of aryl methyl sites for hydroxylation is 1. The van der Waals surface area contributed by atoms with Crippen LogP contribution in [-0.2, 0) is 13.2 Å². The maximum absolute atomic E-state index is 6.22. The molecule has 2 nitrogen and oxygen atoms in total. The zero-order chi connectivity index (χ0) is 17.5. The predicted octanol–water partition coefficient (Wildman–Crippen LogP) is 6.04. The molecule has 1 aliphatic carbocycles. The molecule has 0 bridgehead atoms. The fourth-order valence-electron chi connectivity index (χ4n) is 3.41. The highest BCUT2D eigenvalue weighted by Crippen LogP contribution is 2.25.